The molecule has 3 heteroatoms. The van der Waals surface area contributed by atoms with Crippen molar-refractivity contribution < 1.29 is 0 Å². The summed E-state index contributed by atoms with van der Waals surface area (Å²) in [6, 6.07) is 6.28. The first-order valence-electron chi connectivity index (χ1n) is 5.41. The van der Waals surface area contributed by atoms with Crippen molar-refractivity contribution in [3.8, 4) is 0 Å². The number of aromatic nitrogens is 2. The molecule has 2 aromatic rings. The van der Waals surface area contributed by atoms with Crippen LogP contribution in [0.1, 0.15) is 18.5 Å². The molecule has 0 aliphatic rings. The maximum atomic E-state index is 4.29. The van der Waals surface area contributed by atoms with Gasteiger partial charge in [-0.05, 0) is 24.2 Å². The molecule has 0 amide bonds. The molecule has 0 aliphatic carbocycles. The molecule has 3 nitrogen and oxygen atoms in total. The van der Waals surface area contributed by atoms with E-state index >= 15 is 0 Å². The lowest BCUT2D eigenvalue weighted by Crippen LogP contribution is -2.18. The molecule has 0 fully saturated rings. The van der Waals surface area contributed by atoms with Gasteiger partial charge in [-0.1, -0.05) is 19.1 Å². The average Bonchev–Trinajstić information content (AvgIpc) is 2.35. The highest BCUT2D eigenvalue weighted by atomic mass is 14.9. The summed E-state index contributed by atoms with van der Waals surface area (Å²) in [6.07, 6.45) is 5.32. The van der Waals surface area contributed by atoms with Crippen LogP contribution in [-0.4, -0.2) is 16.5 Å². The summed E-state index contributed by atoms with van der Waals surface area (Å²) >= 11 is 0. The van der Waals surface area contributed by atoms with Crippen LogP contribution in [0.2, 0.25) is 0 Å². The molecule has 82 valence electrons. The van der Waals surface area contributed by atoms with Gasteiger partial charge < -0.3 is 5.32 Å². The van der Waals surface area contributed by atoms with E-state index in [4.69, 9.17) is 0 Å². The zero-order valence-electron chi connectivity index (χ0n) is 9.35. The average molecular weight is 213 g/mol. The summed E-state index contributed by atoms with van der Waals surface area (Å²) in [5, 5.41) is 3.35. The van der Waals surface area contributed by atoms with Gasteiger partial charge in [0.05, 0.1) is 17.1 Å². The van der Waals surface area contributed by atoms with Gasteiger partial charge in [0, 0.05) is 12.4 Å². The molecule has 0 bridgehead atoms. The number of rotatable bonds is 4. The number of hydrogen-bond donors (Lipinski definition) is 1. The molecular formula is C13H15N3. The van der Waals surface area contributed by atoms with E-state index in [1.807, 2.05) is 12.1 Å². The first-order chi connectivity index (χ1) is 7.85. The Hall–Kier alpha value is -1.74. The summed E-state index contributed by atoms with van der Waals surface area (Å²) in [4.78, 5) is 8.54. The van der Waals surface area contributed by atoms with Crippen LogP contribution in [0.4, 0.5) is 0 Å². The second-order valence-electron chi connectivity index (χ2n) is 3.58. The molecule has 1 aromatic carbocycles. The Bertz CT molecular complexity index is 493. The first kappa shape index (κ1) is 10.8. The zero-order chi connectivity index (χ0) is 11.4. The molecule has 1 atom stereocenters. The van der Waals surface area contributed by atoms with Crippen LogP contribution in [0.3, 0.4) is 0 Å². The Morgan fingerprint density at radius 1 is 1.31 bits per heavy atom. The standard InChI is InChI=1S/C13H15N3/c1-3-11(14-4-2)10-5-6-12-13(9-10)16-8-7-15-12/h3,5-9,11,14H,1,4H2,2H3. The van der Waals surface area contributed by atoms with Gasteiger partial charge in [0.15, 0.2) is 0 Å². The van der Waals surface area contributed by atoms with Crippen LogP contribution < -0.4 is 5.32 Å². The van der Waals surface area contributed by atoms with E-state index < -0.39 is 0 Å². The number of benzene rings is 1. The number of nitrogens with one attached hydrogen (secondary N) is 1. The smallest absolute Gasteiger partial charge is 0.0890 e. The minimum absolute atomic E-state index is 0.177. The minimum atomic E-state index is 0.177. The fraction of sp³-hybridized carbons (Fsp3) is 0.231. The number of nitrogens with zero attached hydrogens (tertiary/aromatic N) is 2. The molecule has 16 heavy (non-hydrogen) atoms. The maximum absolute atomic E-state index is 4.29. The fourth-order valence-corrected chi connectivity index (χ4v) is 1.73. The molecule has 1 unspecified atom stereocenters. The van der Waals surface area contributed by atoms with Crippen molar-refractivity contribution in [2.24, 2.45) is 0 Å². The summed E-state index contributed by atoms with van der Waals surface area (Å²) in [5.41, 5.74) is 3.01. The summed E-state index contributed by atoms with van der Waals surface area (Å²) in [6.45, 7) is 6.83. The normalized spacial score (nSPS) is 12.6. The lowest BCUT2D eigenvalue weighted by atomic mass is 10.1. The molecule has 2 rings (SSSR count). The maximum Gasteiger partial charge on any atom is 0.0890 e. The summed E-state index contributed by atoms with van der Waals surface area (Å²) in [5.74, 6) is 0. The van der Waals surface area contributed by atoms with Crippen LogP contribution in [0.15, 0.2) is 43.2 Å². The van der Waals surface area contributed by atoms with Gasteiger partial charge in [-0.25, -0.2) is 0 Å². The highest BCUT2D eigenvalue weighted by Gasteiger charge is 2.06. The zero-order valence-corrected chi connectivity index (χ0v) is 9.35. The van der Waals surface area contributed by atoms with Crippen LogP contribution in [0.5, 0.6) is 0 Å². The van der Waals surface area contributed by atoms with Gasteiger partial charge in [-0.3, -0.25) is 9.97 Å². The summed E-state index contributed by atoms with van der Waals surface area (Å²) < 4.78 is 0. The van der Waals surface area contributed by atoms with E-state index in [1.54, 1.807) is 12.4 Å². The molecule has 0 saturated carbocycles. The van der Waals surface area contributed by atoms with Crippen LogP contribution in [0, 0.1) is 0 Å². The summed E-state index contributed by atoms with van der Waals surface area (Å²) in [7, 11) is 0. The van der Waals surface area contributed by atoms with Crippen LogP contribution >= 0.6 is 0 Å². The van der Waals surface area contributed by atoms with Crippen molar-refractivity contribution in [2.45, 2.75) is 13.0 Å². The minimum Gasteiger partial charge on any atom is -0.307 e. The predicted molar refractivity (Wildman–Crippen MR) is 66.2 cm³/mol. The fourth-order valence-electron chi connectivity index (χ4n) is 1.73. The quantitative estimate of drug-likeness (QED) is 0.793. The van der Waals surface area contributed by atoms with Gasteiger partial charge >= 0.3 is 0 Å². The highest BCUT2D eigenvalue weighted by Crippen LogP contribution is 2.18. The number of likely N-dealkylation sites (N-methyl/N-ethyl adjacent to an activating group) is 1. The largest absolute Gasteiger partial charge is 0.307 e. The van der Waals surface area contributed by atoms with E-state index in [9.17, 15) is 0 Å². The van der Waals surface area contributed by atoms with Gasteiger partial charge in [0.25, 0.3) is 0 Å². The van der Waals surface area contributed by atoms with E-state index in [-0.39, 0.29) is 6.04 Å². The Kier molecular flexibility index (Phi) is 3.27. The van der Waals surface area contributed by atoms with E-state index in [0.29, 0.717) is 0 Å². The Labute approximate surface area is 95.2 Å². The number of fused-ring (bicyclic) bond motifs is 1. The Morgan fingerprint density at radius 2 is 2.06 bits per heavy atom. The van der Waals surface area contributed by atoms with Crippen LogP contribution in [0.25, 0.3) is 11.0 Å². The second kappa shape index (κ2) is 4.86. The van der Waals surface area contributed by atoms with Crippen molar-refractivity contribution in [1.29, 1.82) is 0 Å². The Balaban J connectivity index is 2.41. The number of hydrogen-bond acceptors (Lipinski definition) is 3. The van der Waals surface area contributed by atoms with E-state index in [2.05, 4.69) is 40.9 Å². The van der Waals surface area contributed by atoms with Crippen molar-refractivity contribution in [2.75, 3.05) is 6.54 Å². The van der Waals surface area contributed by atoms with Gasteiger partial charge in [0.2, 0.25) is 0 Å². The third-order valence-electron chi connectivity index (χ3n) is 2.51. The van der Waals surface area contributed by atoms with E-state index in [0.717, 1.165) is 17.6 Å². The highest BCUT2D eigenvalue weighted by molar-refractivity contribution is 5.74. The molecule has 0 spiro atoms. The predicted octanol–water partition coefficient (Wildman–Crippen LogP) is 2.47. The van der Waals surface area contributed by atoms with E-state index in [1.165, 1.54) is 5.56 Å². The monoisotopic (exact) mass is 213 g/mol. The van der Waals surface area contributed by atoms with Gasteiger partial charge in [0.1, 0.15) is 0 Å². The lowest BCUT2D eigenvalue weighted by Gasteiger charge is -2.13. The van der Waals surface area contributed by atoms with Gasteiger partial charge in [-0.15, -0.1) is 6.58 Å². The first-order valence-corrected chi connectivity index (χ1v) is 5.41. The van der Waals surface area contributed by atoms with Gasteiger partial charge in [-0.2, -0.15) is 0 Å². The van der Waals surface area contributed by atoms with Crippen LogP contribution in [-0.2, 0) is 0 Å². The van der Waals surface area contributed by atoms with Crippen molar-refractivity contribution in [1.82, 2.24) is 15.3 Å². The SMILES string of the molecule is C=CC(NCC)c1ccc2nccnc2c1. The molecule has 0 radical (unpaired) electrons. The topological polar surface area (TPSA) is 37.8 Å². The molecule has 0 saturated heterocycles. The Morgan fingerprint density at radius 3 is 2.75 bits per heavy atom. The molecule has 1 N–H and O–H groups in total. The molecular weight excluding hydrogens is 198 g/mol. The molecule has 0 aliphatic heterocycles. The van der Waals surface area contributed by atoms with Crippen molar-refractivity contribution in [3.63, 3.8) is 0 Å². The van der Waals surface area contributed by atoms with Crippen molar-refractivity contribution in [3.05, 3.63) is 48.8 Å². The second-order valence-corrected chi connectivity index (χ2v) is 3.58. The molecule has 1 heterocycles. The third kappa shape index (κ3) is 2.09. The lowest BCUT2D eigenvalue weighted by molar-refractivity contribution is 0.650. The molecule has 1 aromatic heterocycles. The van der Waals surface area contributed by atoms with Crippen molar-refractivity contribution >= 4 is 11.0 Å². The third-order valence-corrected chi connectivity index (χ3v) is 2.51.